The number of aromatic carboxylic acids is 1. The van der Waals surface area contributed by atoms with Crippen LogP contribution in [0.3, 0.4) is 0 Å². The van der Waals surface area contributed by atoms with Crippen molar-refractivity contribution in [2.45, 2.75) is 52.4 Å². The Hall–Kier alpha value is -1.58. The van der Waals surface area contributed by atoms with E-state index in [0.29, 0.717) is 5.56 Å². The van der Waals surface area contributed by atoms with E-state index in [1.165, 1.54) is 12.8 Å². The first-order valence-corrected chi connectivity index (χ1v) is 7.22. The van der Waals surface area contributed by atoms with E-state index in [2.05, 4.69) is 11.9 Å². The van der Waals surface area contributed by atoms with E-state index >= 15 is 0 Å². The molecule has 20 heavy (non-hydrogen) atoms. The summed E-state index contributed by atoms with van der Waals surface area (Å²) in [5.74, 6) is -0.160. The number of pyridine rings is 1. The van der Waals surface area contributed by atoms with Gasteiger partial charge in [-0.05, 0) is 18.6 Å². The highest BCUT2D eigenvalue weighted by Gasteiger charge is 2.20. The molecule has 0 atom stereocenters. The lowest BCUT2D eigenvalue weighted by atomic mass is 9.90. The molecule has 1 N–H and O–H groups in total. The maximum Gasteiger partial charge on any atom is 0.335 e. The van der Waals surface area contributed by atoms with Gasteiger partial charge in [-0.3, -0.25) is 0 Å². The topological polar surface area (TPSA) is 53.4 Å². The minimum atomic E-state index is -0.902. The molecule has 0 aliphatic rings. The molecule has 0 radical (unpaired) electrons. The summed E-state index contributed by atoms with van der Waals surface area (Å²) in [6.45, 7) is 9.19. The van der Waals surface area contributed by atoms with Crippen LogP contribution in [0.4, 0.5) is 5.82 Å². The summed E-state index contributed by atoms with van der Waals surface area (Å²) in [6.07, 6.45) is 3.44. The van der Waals surface area contributed by atoms with Crippen LogP contribution in [-0.4, -0.2) is 29.7 Å². The third kappa shape index (κ3) is 4.51. The molecule has 1 aromatic heterocycles. The van der Waals surface area contributed by atoms with Gasteiger partial charge in [0.1, 0.15) is 5.82 Å². The molecule has 0 aliphatic carbocycles. The lowest BCUT2D eigenvalue weighted by molar-refractivity contribution is 0.0696. The molecule has 0 unspecified atom stereocenters. The normalized spacial score (nSPS) is 11.4. The zero-order chi connectivity index (χ0) is 15.3. The Morgan fingerprint density at radius 2 is 1.95 bits per heavy atom. The Morgan fingerprint density at radius 1 is 1.30 bits per heavy atom. The number of unbranched alkanes of at least 4 members (excludes halogenated alkanes) is 2. The molecule has 0 aromatic carbocycles. The van der Waals surface area contributed by atoms with E-state index in [9.17, 15) is 9.90 Å². The minimum absolute atomic E-state index is 0.162. The maximum atomic E-state index is 11.3. The van der Waals surface area contributed by atoms with Crippen LogP contribution in [-0.2, 0) is 5.41 Å². The molecule has 1 rings (SSSR count). The highest BCUT2D eigenvalue weighted by atomic mass is 16.4. The fourth-order valence-electron chi connectivity index (χ4n) is 1.93. The number of anilines is 1. The number of hydrogen-bond acceptors (Lipinski definition) is 3. The van der Waals surface area contributed by atoms with Crippen LogP contribution in [0.5, 0.6) is 0 Å². The second kappa shape index (κ2) is 6.73. The lowest BCUT2D eigenvalue weighted by Gasteiger charge is -2.23. The SMILES string of the molecule is CCCCCN(C)c1cc(C(=O)O)cc(C(C)(C)C)n1. The maximum absolute atomic E-state index is 11.3. The summed E-state index contributed by atoms with van der Waals surface area (Å²) in [7, 11) is 1.97. The van der Waals surface area contributed by atoms with Crippen LogP contribution in [0.15, 0.2) is 12.1 Å². The van der Waals surface area contributed by atoms with Crippen molar-refractivity contribution in [1.29, 1.82) is 0 Å². The average molecular weight is 278 g/mol. The quantitative estimate of drug-likeness (QED) is 0.806. The molecule has 0 aliphatic heterocycles. The number of carbonyl (C=O) groups is 1. The van der Waals surface area contributed by atoms with Gasteiger partial charge >= 0.3 is 5.97 Å². The van der Waals surface area contributed by atoms with Crippen LogP contribution >= 0.6 is 0 Å². The molecular formula is C16H26N2O2. The fourth-order valence-corrected chi connectivity index (χ4v) is 1.93. The first-order chi connectivity index (χ1) is 9.25. The number of hydrogen-bond donors (Lipinski definition) is 1. The zero-order valence-electron chi connectivity index (χ0n) is 13.2. The van der Waals surface area contributed by atoms with Crippen LogP contribution in [0.25, 0.3) is 0 Å². The Kier molecular flexibility index (Phi) is 5.54. The van der Waals surface area contributed by atoms with Crippen molar-refractivity contribution in [3.63, 3.8) is 0 Å². The molecule has 0 saturated heterocycles. The predicted molar refractivity (Wildman–Crippen MR) is 82.7 cm³/mol. The molecule has 0 spiro atoms. The second-order valence-electron chi connectivity index (χ2n) is 6.28. The predicted octanol–water partition coefficient (Wildman–Crippen LogP) is 3.70. The number of aromatic nitrogens is 1. The van der Waals surface area contributed by atoms with Crippen LogP contribution in [0.1, 0.15) is 63.0 Å². The van der Waals surface area contributed by atoms with Crippen LogP contribution in [0, 0.1) is 0 Å². The molecule has 0 saturated carbocycles. The van der Waals surface area contributed by atoms with Crippen molar-refractivity contribution in [1.82, 2.24) is 4.98 Å². The third-order valence-electron chi connectivity index (χ3n) is 3.32. The Balaban J connectivity index is 3.06. The number of carboxylic acid groups (broad SMARTS) is 1. The van der Waals surface area contributed by atoms with E-state index in [1.807, 2.05) is 32.7 Å². The fraction of sp³-hybridized carbons (Fsp3) is 0.625. The Bertz CT molecular complexity index is 464. The summed E-state index contributed by atoms with van der Waals surface area (Å²) < 4.78 is 0. The zero-order valence-corrected chi connectivity index (χ0v) is 13.2. The monoisotopic (exact) mass is 278 g/mol. The van der Waals surface area contributed by atoms with Crippen LogP contribution in [0.2, 0.25) is 0 Å². The molecule has 112 valence electrons. The highest BCUT2D eigenvalue weighted by Crippen LogP contribution is 2.24. The Morgan fingerprint density at radius 3 is 2.45 bits per heavy atom. The van der Waals surface area contributed by atoms with Gasteiger partial charge in [0.25, 0.3) is 0 Å². The van der Waals surface area contributed by atoms with Gasteiger partial charge in [0, 0.05) is 24.7 Å². The number of rotatable bonds is 6. The van der Waals surface area contributed by atoms with E-state index in [0.717, 1.165) is 24.5 Å². The van der Waals surface area contributed by atoms with Gasteiger partial charge in [-0.2, -0.15) is 0 Å². The van der Waals surface area contributed by atoms with Gasteiger partial charge in [-0.1, -0.05) is 40.5 Å². The van der Waals surface area contributed by atoms with Crippen molar-refractivity contribution < 1.29 is 9.90 Å². The number of nitrogens with zero attached hydrogens (tertiary/aromatic N) is 2. The van der Waals surface area contributed by atoms with Crippen molar-refractivity contribution >= 4 is 11.8 Å². The standard InChI is InChI=1S/C16H26N2O2/c1-6-7-8-9-18(5)14-11-12(15(19)20)10-13(17-14)16(2,3)4/h10-11H,6-9H2,1-5H3,(H,19,20). The summed E-state index contributed by atoms with van der Waals surface area (Å²) >= 11 is 0. The first-order valence-electron chi connectivity index (χ1n) is 7.22. The molecule has 1 heterocycles. The smallest absolute Gasteiger partial charge is 0.335 e. The van der Waals surface area contributed by atoms with E-state index in [-0.39, 0.29) is 5.41 Å². The summed E-state index contributed by atoms with van der Waals surface area (Å²) in [4.78, 5) is 17.9. The van der Waals surface area contributed by atoms with Crippen molar-refractivity contribution in [2.75, 3.05) is 18.5 Å². The molecule has 4 nitrogen and oxygen atoms in total. The van der Waals surface area contributed by atoms with Crippen LogP contribution < -0.4 is 4.90 Å². The van der Waals surface area contributed by atoms with Gasteiger partial charge in [0.05, 0.1) is 5.56 Å². The minimum Gasteiger partial charge on any atom is -0.478 e. The van der Waals surface area contributed by atoms with Gasteiger partial charge < -0.3 is 10.0 Å². The molecule has 0 bridgehead atoms. The van der Waals surface area contributed by atoms with E-state index < -0.39 is 5.97 Å². The molecule has 0 amide bonds. The summed E-state index contributed by atoms with van der Waals surface area (Å²) in [5, 5.41) is 9.25. The third-order valence-corrected chi connectivity index (χ3v) is 3.32. The average Bonchev–Trinajstić information content (AvgIpc) is 2.37. The summed E-state index contributed by atoms with van der Waals surface area (Å²) in [6, 6.07) is 3.33. The van der Waals surface area contributed by atoms with Gasteiger partial charge in [-0.25, -0.2) is 9.78 Å². The summed E-state index contributed by atoms with van der Waals surface area (Å²) in [5.41, 5.74) is 0.960. The number of carboxylic acids is 1. The lowest BCUT2D eigenvalue weighted by Crippen LogP contribution is -2.23. The van der Waals surface area contributed by atoms with Gasteiger partial charge in [0.15, 0.2) is 0 Å². The van der Waals surface area contributed by atoms with Crippen molar-refractivity contribution in [2.24, 2.45) is 0 Å². The van der Waals surface area contributed by atoms with Gasteiger partial charge in [0.2, 0.25) is 0 Å². The highest BCUT2D eigenvalue weighted by molar-refractivity contribution is 5.88. The van der Waals surface area contributed by atoms with Crippen molar-refractivity contribution in [3.8, 4) is 0 Å². The molecule has 0 fully saturated rings. The molecular weight excluding hydrogens is 252 g/mol. The van der Waals surface area contributed by atoms with E-state index in [1.54, 1.807) is 12.1 Å². The largest absolute Gasteiger partial charge is 0.478 e. The first kappa shape index (κ1) is 16.5. The van der Waals surface area contributed by atoms with E-state index in [4.69, 9.17) is 0 Å². The second-order valence-corrected chi connectivity index (χ2v) is 6.28. The Labute approximate surface area is 121 Å². The van der Waals surface area contributed by atoms with Crippen molar-refractivity contribution in [3.05, 3.63) is 23.4 Å². The molecule has 1 aromatic rings. The molecule has 4 heteroatoms. The van der Waals surface area contributed by atoms with Gasteiger partial charge in [-0.15, -0.1) is 0 Å².